The number of aryl methyl sites for hydroxylation is 2. The molecule has 3 aromatic carbocycles. The summed E-state index contributed by atoms with van der Waals surface area (Å²) in [7, 11) is 0. The molecule has 1 unspecified atom stereocenters. The molecule has 1 nitrogen and oxygen atoms in total. The molecule has 1 saturated carbocycles. The van der Waals surface area contributed by atoms with Gasteiger partial charge in [-0.15, -0.1) is 13.2 Å². The van der Waals surface area contributed by atoms with E-state index in [1.165, 1.54) is 18.2 Å². The van der Waals surface area contributed by atoms with E-state index in [0.717, 1.165) is 42.4 Å². The van der Waals surface area contributed by atoms with Gasteiger partial charge in [0.05, 0.1) is 0 Å². The number of alkyl halides is 3. The van der Waals surface area contributed by atoms with E-state index in [-0.39, 0.29) is 34.9 Å². The lowest BCUT2D eigenvalue weighted by Gasteiger charge is -2.32. The molecule has 0 spiro atoms. The zero-order chi connectivity index (χ0) is 29.1. The summed E-state index contributed by atoms with van der Waals surface area (Å²) in [5.74, 6) is -1.17. The lowest BCUT2D eigenvalue weighted by atomic mass is 9.74. The first-order chi connectivity index (χ1) is 19.6. The van der Waals surface area contributed by atoms with Gasteiger partial charge in [0.25, 0.3) is 0 Å². The lowest BCUT2D eigenvalue weighted by molar-refractivity contribution is -0.274. The Morgan fingerprint density at radius 2 is 1.51 bits per heavy atom. The Morgan fingerprint density at radius 1 is 0.805 bits per heavy atom. The zero-order valence-corrected chi connectivity index (χ0v) is 23.3. The Balaban J connectivity index is 1.20. The van der Waals surface area contributed by atoms with Crippen LogP contribution in [0.4, 0.5) is 26.3 Å². The molecule has 41 heavy (non-hydrogen) atoms. The largest absolute Gasteiger partial charge is 0.573 e. The summed E-state index contributed by atoms with van der Waals surface area (Å²) in [5, 5.41) is 0. The second kappa shape index (κ2) is 12.5. The van der Waals surface area contributed by atoms with Gasteiger partial charge in [-0.1, -0.05) is 37.6 Å². The second-order valence-electron chi connectivity index (χ2n) is 11.7. The van der Waals surface area contributed by atoms with Crippen LogP contribution in [0.15, 0.2) is 48.5 Å². The van der Waals surface area contributed by atoms with Crippen molar-refractivity contribution in [1.82, 2.24) is 0 Å². The minimum atomic E-state index is -4.73. The molecular formula is C34H36F6O. The summed E-state index contributed by atoms with van der Waals surface area (Å²) < 4.78 is 86.9. The summed E-state index contributed by atoms with van der Waals surface area (Å²) >= 11 is 0. The van der Waals surface area contributed by atoms with Crippen LogP contribution in [0.5, 0.6) is 5.75 Å². The first kappa shape index (κ1) is 29.5. The van der Waals surface area contributed by atoms with Crippen molar-refractivity contribution in [1.29, 1.82) is 0 Å². The fourth-order valence-corrected chi connectivity index (χ4v) is 6.82. The Hall–Kier alpha value is -2.96. The maximum absolute atomic E-state index is 15.7. The van der Waals surface area contributed by atoms with E-state index in [1.54, 1.807) is 18.2 Å². The van der Waals surface area contributed by atoms with Gasteiger partial charge in [0.15, 0.2) is 0 Å². The Morgan fingerprint density at radius 3 is 2.17 bits per heavy atom. The minimum absolute atomic E-state index is 0.128. The zero-order valence-electron chi connectivity index (χ0n) is 23.3. The van der Waals surface area contributed by atoms with Gasteiger partial charge >= 0.3 is 6.36 Å². The van der Waals surface area contributed by atoms with Gasteiger partial charge in [-0.25, -0.2) is 13.2 Å². The molecule has 3 aromatic rings. The number of rotatable bonds is 8. The molecular weight excluding hydrogens is 538 g/mol. The van der Waals surface area contributed by atoms with E-state index in [4.69, 9.17) is 0 Å². The molecule has 0 amide bonds. The summed E-state index contributed by atoms with van der Waals surface area (Å²) in [5.41, 5.74) is 4.15. The van der Waals surface area contributed by atoms with Gasteiger partial charge in [0, 0.05) is 5.56 Å². The molecule has 0 aromatic heterocycles. The Bertz CT molecular complexity index is 1340. The third kappa shape index (κ3) is 7.10. The van der Waals surface area contributed by atoms with Crippen LogP contribution in [-0.4, -0.2) is 6.36 Å². The molecule has 0 bridgehead atoms. The molecule has 5 rings (SSSR count). The summed E-state index contributed by atoms with van der Waals surface area (Å²) in [4.78, 5) is 0. The highest BCUT2D eigenvalue weighted by Crippen LogP contribution is 2.44. The number of ether oxygens (including phenoxy) is 1. The molecule has 0 heterocycles. The monoisotopic (exact) mass is 574 g/mol. The van der Waals surface area contributed by atoms with Crippen LogP contribution in [0.3, 0.4) is 0 Å². The first-order valence-electron chi connectivity index (χ1n) is 14.7. The molecule has 1 atom stereocenters. The van der Waals surface area contributed by atoms with Crippen LogP contribution in [0.1, 0.15) is 97.1 Å². The average Bonchev–Trinajstić information content (AvgIpc) is 2.93. The Labute approximate surface area is 237 Å². The van der Waals surface area contributed by atoms with Gasteiger partial charge in [0.2, 0.25) is 0 Å². The van der Waals surface area contributed by atoms with Crippen LogP contribution in [0.2, 0.25) is 0 Å². The number of fused-ring (bicyclic) bond motifs is 1. The number of hydrogen-bond acceptors (Lipinski definition) is 1. The lowest BCUT2D eigenvalue weighted by Crippen LogP contribution is -2.20. The van der Waals surface area contributed by atoms with E-state index >= 15 is 8.78 Å². The van der Waals surface area contributed by atoms with Crippen LogP contribution in [0, 0.1) is 23.4 Å². The molecule has 7 heteroatoms. The quantitative estimate of drug-likeness (QED) is 0.243. The van der Waals surface area contributed by atoms with E-state index in [9.17, 15) is 17.6 Å². The van der Waals surface area contributed by atoms with Crippen LogP contribution >= 0.6 is 0 Å². The highest BCUT2D eigenvalue weighted by molar-refractivity contribution is 5.39. The van der Waals surface area contributed by atoms with Crippen molar-refractivity contribution in [2.45, 2.75) is 95.8 Å². The van der Waals surface area contributed by atoms with Gasteiger partial charge in [0.1, 0.15) is 23.2 Å². The molecule has 0 saturated heterocycles. The third-order valence-electron chi connectivity index (χ3n) is 8.96. The minimum Gasteiger partial charge on any atom is -0.406 e. The summed E-state index contributed by atoms with van der Waals surface area (Å²) in [6.45, 7) is 2.07. The Kier molecular flexibility index (Phi) is 9.00. The van der Waals surface area contributed by atoms with Crippen molar-refractivity contribution >= 4 is 0 Å². The molecule has 2 aliphatic rings. The SMILES string of the molecule is CCCc1ccc(CCC2CCc3c(cc(F)c(C4CCC(c5ccc(OC(F)(F)F)cc5)CC4)c3F)C2)c(F)c1. The second-order valence-corrected chi connectivity index (χ2v) is 11.7. The summed E-state index contributed by atoms with van der Waals surface area (Å²) in [6.07, 6.45) is 3.08. The van der Waals surface area contributed by atoms with Gasteiger partial charge in [-0.3, -0.25) is 0 Å². The van der Waals surface area contributed by atoms with Crippen LogP contribution in [-0.2, 0) is 25.7 Å². The predicted octanol–water partition coefficient (Wildman–Crippen LogP) is 10.1. The highest BCUT2D eigenvalue weighted by Gasteiger charge is 2.33. The molecule has 0 N–H and O–H groups in total. The first-order valence-corrected chi connectivity index (χ1v) is 14.7. The van der Waals surface area contributed by atoms with E-state index in [2.05, 4.69) is 11.7 Å². The fourth-order valence-electron chi connectivity index (χ4n) is 6.82. The molecule has 0 radical (unpaired) electrons. The van der Waals surface area contributed by atoms with Crippen LogP contribution < -0.4 is 4.74 Å². The van der Waals surface area contributed by atoms with Gasteiger partial charge in [-0.2, -0.15) is 0 Å². The maximum atomic E-state index is 15.7. The van der Waals surface area contributed by atoms with Crippen molar-refractivity contribution in [3.8, 4) is 5.75 Å². The number of hydrogen-bond donors (Lipinski definition) is 0. The molecule has 2 aliphatic carbocycles. The van der Waals surface area contributed by atoms with E-state index in [0.29, 0.717) is 56.1 Å². The fraction of sp³-hybridized carbons (Fsp3) is 0.471. The van der Waals surface area contributed by atoms with Crippen molar-refractivity contribution in [3.05, 3.63) is 99.4 Å². The van der Waals surface area contributed by atoms with Crippen molar-refractivity contribution in [3.63, 3.8) is 0 Å². The third-order valence-corrected chi connectivity index (χ3v) is 8.96. The standard InChI is InChI=1S/C34H36F6O/c1-2-3-21-4-7-25(30(35)19-21)8-5-22-6-17-29-27(18-22)20-31(36)32(33(29)37)26-11-9-23(10-12-26)24-13-15-28(16-14-24)41-34(38,39)40/h4,7,13-16,19-20,22-23,26H,2-3,5-6,8-12,17-18H2,1H3. The van der Waals surface area contributed by atoms with Gasteiger partial charge in [-0.05, 0) is 134 Å². The number of benzene rings is 3. The smallest absolute Gasteiger partial charge is 0.406 e. The highest BCUT2D eigenvalue weighted by atomic mass is 19.4. The van der Waals surface area contributed by atoms with E-state index < -0.39 is 18.0 Å². The topological polar surface area (TPSA) is 9.23 Å². The van der Waals surface area contributed by atoms with Gasteiger partial charge < -0.3 is 4.74 Å². The predicted molar refractivity (Wildman–Crippen MR) is 148 cm³/mol. The maximum Gasteiger partial charge on any atom is 0.573 e. The molecule has 220 valence electrons. The molecule has 0 aliphatic heterocycles. The van der Waals surface area contributed by atoms with Crippen molar-refractivity contribution in [2.75, 3.05) is 0 Å². The summed E-state index contributed by atoms with van der Waals surface area (Å²) in [6, 6.07) is 12.9. The van der Waals surface area contributed by atoms with Crippen molar-refractivity contribution < 1.29 is 31.1 Å². The van der Waals surface area contributed by atoms with Crippen molar-refractivity contribution in [2.24, 2.45) is 5.92 Å². The normalized spacial score (nSPS) is 21.0. The van der Waals surface area contributed by atoms with E-state index in [1.807, 2.05) is 12.1 Å². The van der Waals surface area contributed by atoms with Crippen LogP contribution in [0.25, 0.3) is 0 Å². The molecule has 1 fully saturated rings. The average molecular weight is 575 g/mol. The number of halogens is 6.